The molecule has 7 atom stereocenters. The van der Waals surface area contributed by atoms with Crippen LogP contribution in [0.25, 0.3) is 0 Å². The molecule has 8 amide bonds. The number of hydrogen-bond acceptors (Lipinski definition) is 11. The second-order valence-electron chi connectivity index (χ2n) is 21.2. The van der Waals surface area contributed by atoms with Crippen LogP contribution in [0.4, 0.5) is 4.79 Å². The van der Waals surface area contributed by atoms with Crippen LogP contribution < -0.4 is 37.2 Å². The Bertz CT molecular complexity index is 1710. The lowest BCUT2D eigenvalue weighted by Gasteiger charge is -2.35. The van der Waals surface area contributed by atoms with Gasteiger partial charge in [0.15, 0.2) is 0 Å². The Balaban J connectivity index is 3.24. The summed E-state index contributed by atoms with van der Waals surface area (Å²) in [6.45, 7) is 29.7. The van der Waals surface area contributed by atoms with Gasteiger partial charge in [0.2, 0.25) is 41.4 Å². The monoisotopic (exact) mass is 937 g/mol. The molecule has 0 aliphatic carbocycles. The Labute approximate surface area is 393 Å². The molecule has 1 aliphatic heterocycles. The van der Waals surface area contributed by atoms with E-state index in [4.69, 9.17) is 9.47 Å². The Kier molecular flexibility index (Phi) is 23.1. The predicted molar refractivity (Wildman–Crippen MR) is 250 cm³/mol. The molecule has 0 spiro atoms. The minimum atomic E-state index is -1.56. The van der Waals surface area contributed by atoms with Crippen molar-refractivity contribution in [2.45, 2.75) is 197 Å². The first-order chi connectivity index (χ1) is 30.2. The summed E-state index contributed by atoms with van der Waals surface area (Å²) in [5.74, 6) is -6.49. The molecule has 0 saturated carbocycles. The average Bonchev–Trinajstić information content (AvgIpc) is 3.67. The summed E-state index contributed by atoms with van der Waals surface area (Å²) in [6, 6.07) is -7.29. The molecule has 0 aromatic heterocycles. The van der Waals surface area contributed by atoms with E-state index < -0.39 is 125 Å². The van der Waals surface area contributed by atoms with Crippen molar-refractivity contribution in [3.8, 4) is 0 Å². The Morgan fingerprint density at radius 1 is 0.545 bits per heavy atom. The minimum Gasteiger partial charge on any atom is -0.467 e. The lowest BCUT2D eigenvalue weighted by molar-refractivity contribution is -0.147. The second kappa shape index (κ2) is 25.8. The summed E-state index contributed by atoms with van der Waals surface area (Å²) in [6.07, 6.45) is 0.467. The van der Waals surface area contributed by atoms with Gasteiger partial charge in [-0.15, -0.1) is 0 Å². The highest BCUT2D eigenvalue weighted by atomic mass is 16.6. The molecule has 1 saturated heterocycles. The molecule has 1 rings (SSSR count). The lowest BCUT2D eigenvalue weighted by atomic mass is 9.96. The van der Waals surface area contributed by atoms with E-state index >= 15 is 0 Å². The fourth-order valence-corrected chi connectivity index (χ4v) is 7.43. The van der Waals surface area contributed by atoms with Gasteiger partial charge in [-0.05, 0) is 95.8 Å². The molecule has 1 aliphatic rings. The van der Waals surface area contributed by atoms with Crippen molar-refractivity contribution in [1.29, 1.82) is 0 Å². The number of hydrogen-bond donors (Lipinski definition) is 7. The van der Waals surface area contributed by atoms with E-state index in [0.29, 0.717) is 6.42 Å². The van der Waals surface area contributed by atoms with Crippen molar-refractivity contribution < 1.29 is 52.6 Å². The van der Waals surface area contributed by atoms with Crippen LogP contribution in [0.2, 0.25) is 0 Å². The number of carbonyl (C=O) groups is 9. The molecule has 0 aromatic rings. The number of esters is 1. The molecule has 0 unspecified atom stereocenters. The summed E-state index contributed by atoms with van der Waals surface area (Å²) in [5.41, 5.74) is -2.36. The van der Waals surface area contributed by atoms with Crippen LogP contribution in [0.5, 0.6) is 0 Å². The average molecular weight is 937 g/mol. The van der Waals surface area contributed by atoms with Crippen LogP contribution in [-0.2, 0) is 47.8 Å². The third-order valence-electron chi connectivity index (χ3n) is 11.0. The van der Waals surface area contributed by atoms with E-state index in [0.717, 1.165) is 0 Å². The van der Waals surface area contributed by atoms with Crippen LogP contribution >= 0.6 is 0 Å². The molecule has 0 radical (unpaired) electrons. The number of nitrogens with zero attached hydrogens (tertiary/aromatic N) is 1. The first-order valence-electron chi connectivity index (χ1n) is 23.5. The number of likely N-dealkylation sites (tertiary alicyclic amines) is 1. The van der Waals surface area contributed by atoms with Crippen molar-refractivity contribution >= 4 is 53.4 Å². The van der Waals surface area contributed by atoms with Gasteiger partial charge in [0.25, 0.3) is 0 Å². The van der Waals surface area contributed by atoms with Gasteiger partial charge >= 0.3 is 12.1 Å². The zero-order valence-electron chi connectivity index (χ0n) is 43.0. The normalized spacial score (nSPS) is 17.1. The molecule has 0 aromatic carbocycles. The number of nitrogens with one attached hydrogen (secondary N) is 7. The zero-order valence-corrected chi connectivity index (χ0v) is 43.0. The number of methoxy groups -OCH3 is 1. The zero-order chi connectivity index (χ0) is 51.2. The van der Waals surface area contributed by atoms with Gasteiger partial charge in [-0.1, -0.05) is 83.1 Å². The van der Waals surface area contributed by atoms with Gasteiger partial charge in [-0.3, -0.25) is 33.6 Å². The van der Waals surface area contributed by atoms with E-state index in [9.17, 15) is 43.2 Å². The lowest BCUT2D eigenvalue weighted by Crippen LogP contribution is -2.64. The van der Waals surface area contributed by atoms with E-state index in [1.807, 2.05) is 27.7 Å². The maximum absolute atomic E-state index is 14.2. The van der Waals surface area contributed by atoms with Crippen LogP contribution in [-0.4, -0.2) is 125 Å². The summed E-state index contributed by atoms with van der Waals surface area (Å²) in [5, 5.41) is 19.1. The molecular formula is C47H84N8O11. The molecule has 378 valence electrons. The van der Waals surface area contributed by atoms with Crippen molar-refractivity contribution in [3.05, 3.63) is 0 Å². The maximum Gasteiger partial charge on any atom is 0.408 e. The van der Waals surface area contributed by atoms with Crippen LogP contribution in [0.1, 0.15) is 143 Å². The number of alkyl carbamates (subject to hydrolysis) is 1. The fourth-order valence-electron chi connectivity index (χ4n) is 7.43. The highest BCUT2D eigenvalue weighted by molar-refractivity contribution is 5.99. The predicted octanol–water partition coefficient (Wildman–Crippen LogP) is 3.08. The molecule has 66 heavy (non-hydrogen) atoms. The third-order valence-corrected chi connectivity index (χ3v) is 11.0. The van der Waals surface area contributed by atoms with Gasteiger partial charge in [-0.25, -0.2) is 9.59 Å². The molecule has 7 N–H and O–H groups in total. The Hall–Kier alpha value is -4.97. The molecule has 1 heterocycles. The standard InChI is InChI=1S/C47H84N8O11/c1-24(2)22-30(37(56)50-34(27(7)8)41(60)53-36(29(11)12)43(62)65-18)48-39(58)32-20-19-21-55(32)44(63)47(16,17)54-42(61)35(28(9)10)52-40(59)33(26(5)6)51-38(57)31(23-25(3)4)49-45(64)66-46(13,14)15/h24-36H,19-23H2,1-18H3,(H,48,58)(H,49,64)(H,50,56)(H,51,57)(H,52,59)(H,53,60)(H,54,61)/t30-,31-,32+,33-,34-,35-,36-/m0/s1. The van der Waals surface area contributed by atoms with Crippen molar-refractivity contribution in [2.24, 2.45) is 35.5 Å². The quantitative estimate of drug-likeness (QED) is 0.0733. The molecule has 1 fully saturated rings. The topological polar surface area (TPSA) is 260 Å². The largest absolute Gasteiger partial charge is 0.467 e. The fraction of sp³-hybridized carbons (Fsp3) is 0.809. The van der Waals surface area contributed by atoms with E-state index in [-0.39, 0.29) is 43.6 Å². The molecular weight excluding hydrogens is 853 g/mol. The van der Waals surface area contributed by atoms with Crippen molar-refractivity contribution in [1.82, 2.24) is 42.1 Å². The smallest absolute Gasteiger partial charge is 0.408 e. The summed E-state index contributed by atoms with van der Waals surface area (Å²) >= 11 is 0. The summed E-state index contributed by atoms with van der Waals surface area (Å²) in [7, 11) is 1.22. The first-order valence-corrected chi connectivity index (χ1v) is 23.5. The third kappa shape index (κ3) is 18.7. The van der Waals surface area contributed by atoms with Gasteiger partial charge < -0.3 is 51.6 Å². The van der Waals surface area contributed by atoms with Crippen LogP contribution in [0, 0.1) is 35.5 Å². The van der Waals surface area contributed by atoms with Gasteiger partial charge in [0, 0.05) is 6.54 Å². The number of amides is 8. The summed E-state index contributed by atoms with van der Waals surface area (Å²) in [4.78, 5) is 123. The van der Waals surface area contributed by atoms with Crippen molar-refractivity contribution in [2.75, 3.05) is 13.7 Å². The number of ether oxygens (including phenoxy) is 2. The number of carbonyl (C=O) groups excluding carboxylic acids is 9. The van der Waals surface area contributed by atoms with Crippen molar-refractivity contribution in [3.63, 3.8) is 0 Å². The molecule has 19 nitrogen and oxygen atoms in total. The van der Waals surface area contributed by atoms with Gasteiger partial charge in [0.05, 0.1) is 7.11 Å². The maximum atomic E-state index is 14.2. The van der Waals surface area contributed by atoms with Crippen LogP contribution in [0.15, 0.2) is 0 Å². The highest BCUT2D eigenvalue weighted by Gasteiger charge is 2.44. The van der Waals surface area contributed by atoms with E-state index in [1.54, 1.807) is 76.2 Å². The molecule has 0 bridgehead atoms. The molecule has 19 heteroatoms. The van der Waals surface area contributed by atoms with E-state index in [2.05, 4.69) is 37.2 Å². The van der Waals surface area contributed by atoms with Gasteiger partial charge in [0.1, 0.15) is 53.4 Å². The number of rotatable bonds is 23. The Morgan fingerprint density at radius 3 is 1.33 bits per heavy atom. The first kappa shape index (κ1) is 59.0. The Morgan fingerprint density at radius 2 is 0.939 bits per heavy atom. The second-order valence-corrected chi connectivity index (χ2v) is 21.2. The van der Waals surface area contributed by atoms with Crippen LogP contribution in [0.3, 0.4) is 0 Å². The highest BCUT2D eigenvalue weighted by Crippen LogP contribution is 2.23. The van der Waals surface area contributed by atoms with Gasteiger partial charge in [-0.2, -0.15) is 0 Å². The minimum absolute atomic E-state index is 0.00433. The summed E-state index contributed by atoms with van der Waals surface area (Å²) < 4.78 is 10.2. The van der Waals surface area contributed by atoms with E-state index in [1.165, 1.54) is 25.9 Å². The SMILES string of the molecule is COC(=O)[C@@H](NC(=O)[C@@H](NC(=O)[C@H](CC(C)C)NC(=O)[C@H]1CCCN1C(=O)C(C)(C)NC(=O)[C@@H](NC(=O)[C@@H](NC(=O)[C@H](CC(C)C)NC(=O)OC(C)(C)C)C(C)C)C(C)C)C(C)C)C(C)C.